The molecule has 1 aromatic carbocycles. The predicted molar refractivity (Wildman–Crippen MR) is 103 cm³/mol. The molecular weight excluding hydrogens is 324 g/mol. The zero-order valence-corrected chi connectivity index (χ0v) is 16.4. The van der Waals surface area contributed by atoms with E-state index in [0.29, 0.717) is 18.1 Å². The third-order valence-corrected chi connectivity index (χ3v) is 5.17. The number of amides is 1. The van der Waals surface area contributed by atoms with Crippen LogP contribution in [0.4, 0.5) is 0 Å². The normalized spacial score (nSPS) is 19.3. The number of piperazine rings is 1. The van der Waals surface area contributed by atoms with E-state index in [2.05, 4.69) is 66.8 Å². The zero-order chi connectivity index (χ0) is 18.9. The highest BCUT2D eigenvalue weighted by Crippen LogP contribution is 2.32. The summed E-state index contributed by atoms with van der Waals surface area (Å²) >= 11 is 0. The van der Waals surface area contributed by atoms with Gasteiger partial charge in [0.25, 0.3) is 5.91 Å². The van der Waals surface area contributed by atoms with Crippen LogP contribution in [0.25, 0.3) is 0 Å². The lowest BCUT2D eigenvalue weighted by Gasteiger charge is -2.55. The molecular formula is C21H28N4O. The molecule has 138 valence electrons. The second-order valence-electron chi connectivity index (χ2n) is 8.35. The Balaban J connectivity index is 1.84. The van der Waals surface area contributed by atoms with Crippen LogP contribution in [0.3, 0.4) is 0 Å². The molecule has 1 aromatic heterocycles. The van der Waals surface area contributed by atoms with E-state index in [1.54, 1.807) is 12.3 Å². The van der Waals surface area contributed by atoms with Crippen molar-refractivity contribution < 1.29 is 4.79 Å². The van der Waals surface area contributed by atoms with Crippen molar-refractivity contribution in [2.24, 2.45) is 0 Å². The van der Waals surface area contributed by atoms with E-state index in [0.717, 1.165) is 13.1 Å². The Kier molecular flexibility index (Phi) is 4.84. The van der Waals surface area contributed by atoms with Crippen molar-refractivity contribution in [3.05, 3.63) is 59.7 Å². The van der Waals surface area contributed by atoms with Gasteiger partial charge in [0.2, 0.25) is 0 Å². The van der Waals surface area contributed by atoms with Crippen molar-refractivity contribution in [2.75, 3.05) is 13.1 Å². The molecule has 0 unspecified atom stereocenters. The van der Waals surface area contributed by atoms with Crippen LogP contribution in [0.1, 0.15) is 49.6 Å². The van der Waals surface area contributed by atoms with Crippen LogP contribution in [0.15, 0.2) is 42.6 Å². The Hall–Kier alpha value is -2.27. The van der Waals surface area contributed by atoms with Crippen LogP contribution in [-0.4, -0.2) is 49.8 Å². The quantitative estimate of drug-likeness (QED) is 0.850. The van der Waals surface area contributed by atoms with Gasteiger partial charge in [0.05, 0.1) is 5.54 Å². The number of carbonyl (C=O) groups excluding carboxylic acids is 1. The van der Waals surface area contributed by atoms with Gasteiger partial charge < -0.3 is 4.90 Å². The predicted octanol–water partition coefficient (Wildman–Crippen LogP) is 3.30. The molecule has 1 saturated heterocycles. The molecule has 3 rings (SSSR count). The second-order valence-corrected chi connectivity index (χ2v) is 8.35. The van der Waals surface area contributed by atoms with E-state index in [1.807, 2.05) is 17.9 Å². The Bertz CT molecular complexity index is 786. The number of aromatic nitrogens is 2. The molecule has 0 spiro atoms. The lowest BCUT2D eigenvalue weighted by Crippen LogP contribution is -2.68. The van der Waals surface area contributed by atoms with E-state index in [9.17, 15) is 4.79 Å². The number of rotatable bonds is 3. The summed E-state index contributed by atoms with van der Waals surface area (Å²) in [7, 11) is 0. The lowest BCUT2D eigenvalue weighted by atomic mass is 9.88. The number of hydrogen-bond acceptors (Lipinski definition) is 4. The Morgan fingerprint density at radius 2 is 1.73 bits per heavy atom. The minimum Gasteiger partial charge on any atom is -0.329 e. The maximum atomic E-state index is 13.1. The second kappa shape index (κ2) is 6.80. The fourth-order valence-corrected chi connectivity index (χ4v) is 3.60. The topological polar surface area (TPSA) is 49.3 Å². The SMILES string of the molecule is Cc1nccc(C(=O)N2CC(C)(C)N(Cc3ccccc3)CC2(C)C)n1. The number of benzene rings is 1. The molecule has 2 heterocycles. The summed E-state index contributed by atoms with van der Waals surface area (Å²) in [6.07, 6.45) is 1.65. The fraction of sp³-hybridized carbons (Fsp3) is 0.476. The van der Waals surface area contributed by atoms with Crippen molar-refractivity contribution in [3.8, 4) is 0 Å². The third kappa shape index (κ3) is 3.78. The van der Waals surface area contributed by atoms with Gasteiger partial charge in [-0.05, 0) is 46.2 Å². The van der Waals surface area contributed by atoms with Gasteiger partial charge in [-0.1, -0.05) is 30.3 Å². The van der Waals surface area contributed by atoms with Gasteiger partial charge in [0.1, 0.15) is 11.5 Å². The molecule has 0 radical (unpaired) electrons. The highest BCUT2D eigenvalue weighted by Gasteiger charge is 2.45. The molecule has 0 saturated carbocycles. The number of carbonyl (C=O) groups is 1. The standard InChI is InChI=1S/C21H28N4O/c1-16-22-12-11-18(23-16)19(26)25-15-20(2,3)24(14-21(25,4)5)13-17-9-7-6-8-10-17/h6-12H,13-15H2,1-5H3. The zero-order valence-electron chi connectivity index (χ0n) is 16.4. The first-order chi connectivity index (χ1) is 12.2. The maximum Gasteiger partial charge on any atom is 0.273 e. The van der Waals surface area contributed by atoms with Crippen LogP contribution in [-0.2, 0) is 6.54 Å². The monoisotopic (exact) mass is 352 g/mol. The van der Waals surface area contributed by atoms with E-state index >= 15 is 0 Å². The van der Waals surface area contributed by atoms with E-state index < -0.39 is 0 Å². The first-order valence-corrected chi connectivity index (χ1v) is 9.10. The van der Waals surface area contributed by atoms with Gasteiger partial charge in [-0.25, -0.2) is 9.97 Å². The molecule has 1 amide bonds. The largest absolute Gasteiger partial charge is 0.329 e. The number of aryl methyl sites for hydroxylation is 1. The molecule has 1 fully saturated rings. The minimum absolute atomic E-state index is 0.0204. The van der Waals surface area contributed by atoms with Crippen LogP contribution in [0.2, 0.25) is 0 Å². The van der Waals surface area contributed by atoms with Gasteiger partial charge in [0, 0.05) is 31.4 Å². The van der Waals surface area contributed by atoms with E-state index in [4.69, 9.17) is 0 Å². The van der Waals surface area contributed by atoms with Crippen molar-refractivity contribution in [1.29, 1.82) is 0 Å². The highest BCUT2D eigenvalue weighted by atomic mass is 16.2. The van der Waals surface area contributed by atoms with Gasteiger partial charge in [0.15, 0.2) is 0 Å². The van der Waals surface area contributed by atoms with Crippen molar-refractivity contribution in [1.82, 2.24) is 19.8 Å². The summed E-state index contributed by atoms with van der Waals surface area (Å²) in [5, 5.41) is 0. The molecule has 5 heteroatoms. The van der Waals surface area contributed by atoms with Crippen molar-refractivity contribution in [2.45, 2.75) is 52.2 Å². The van der Waals surface area contributed by atoms with Crippen LogP contribution >= 0.6 is 0 Å². The first kappa shape index (κ1) is 18.5. The van der Waals surface area contributed by atoms with Crippen LogP contribution in [0.5, 0.6) is 0 Å². The average Bonchev–Trinajstić information content (AvgIpc) is 2.58. The lowest BCUT2D eigenvalue weighted by molar-refractivity contribution is -0.0457. The summed E-state index contributed by atoms with van der Waals surface area (Å²) in [5.74, 6) is 0.601. The van der Waals surface area contributed by atoms with Gasteiger partial charge >= 0.3 is 0 Å². The molecule has 1 aliphatic rings. The smallest absolute Gasteiger partial charge is 0.273 e. The van der Waals surface area contributed by atoms with Gasteiger partial charge in [-0.15, -0.1) is 0 Å². The molecule has 2 aromatic rings. The van der Waals surface area contributed by atoms with E-state index in [-0.39, 0.29) is 17.0 Å². The Morgan fingerprint density at radius 1 is 1.04 bits per heavy atom. The molecule has 0 N–H and O–H groups in total. The molecule has 0 atom stereocenters. The van der Waals surface area contributed by atoms with Crippen molar-refractivity contribution >= 4 is 5.91 Å². The number of hydrogen-bond donors (Lipinski definition) is 0. The van der Waals surface area contributed by atoms with Crippen molar-refractivity contribution in [3.63, 3.8) is 0 Å². The summed E-state index contributed by atoms with van der Waals surface area (Å²) in [4.78, 5) is 26.0. The Labute approximate surface area is 156 Å². The summed E-state index contributed by atoms with van der Waals surface area (Å²) < 4.78 is 0. The Morgan fingerprint density at radius 3 is 2.38 bits per heavy atom. The molecule has 26 heavy (non-hydrogen) atoms. The third-order valence-electron chi connectivity index (χ3n) is 5.17. The summed E-state index contributed by atoms with van der Waals surface area (Å²) in [6, 6.07) is 12.2. The fourth-order valence-electron chi connectivity index (χ4n) is 3.60. The molecule has 1 aliphatic heterocycles. The molecule has 0 aliphatic carbocycles. The maximum absolute atomic E-state index is 13.1. The van der Waals surface area contributed by atoms with Crippen LogP contribution < -0.4 is 0 Å². The number of nitrogens with zero attached hydrogens (tertiary/aromatic N) is 4. The minimum atomic E-state index is -0.278. The van der Waals surface area contributed by atoms with Gasteiger partial charge in [-0.3, -0.25) is 9.69 Å². The van der Waals surface area contributed by atoms with Crippen LogP contribution in [0, 0.1) is 6.92 Å². The van der Waals surface area contributed by atoms with E-state index in [1.165, 1.54) is 5.56 Å². The first-order valence-electron chi connectivity index (χ1n) is 9.10. The molecule has 0 bridgehead atoms. The highest BCUT2D eigenvalue weighted by molar-refractivity contribution is 5.93. The summed E-state index contributed by atoms with van der Waals surface area (Å²) in [6.45, 7) is 12.8. The average molecular weight is 352 g/mol. The van der Waals surface area contributed by atoms with Gasteiger partial charge in [-0.2, -0.15) is 0 Å². The molecule has 5 nitrogen and oxygen atoms in total. The summed E-state index contributed by atoms with van der Waals surface area (Å²) in [5.41, 5.74) is 1.36.